The van der Waals surface area contributed by atoms with E-state index < -0.39 is 15.8 Å². The number of carbonyl (C=O) groups is 1. The van der Waals surface area contributed by atoms with Gasteiger partial charge in [0.15, 0.2) is 0 Å². The van der Waals surface area contributed by atoms with Gasteiger partial charge in [-0.15, -0.1) is 0 Å². The highest BCUT2D eigenvalue weighted by Crippen LogP contribution is 2.37. The van der Waals surface area contributed by atoms with Crippen LogP contribution in [0.2, 0.25) is 0 Å². The molecule has 4 nitrogen and oxygen atoms in total. The van der Waals surface area contributed by atoms with Crippen molar-refractivity contribution in [1.29, 1.82) is 0 Å². The SMILES string of the molecule is CS(=O)(=O)CCCC1CCC1C(=O)O. The van der Waals surface area contributed by atoms with Gasteiger partial charge < -0.3 is 5.11 Å². The van der Waals surface area contributed by atoms with Gasteiger partial charge in [0, 0.05) is 12.0 Å². The highest BCUT2D eigenvalue weighted by atomic mass is 32.2. The normalized spacial score (nSPS) is 26.9. The van der Waals surface area contributed by atoms with E-state index in [0.717, 1.165) is 19.3 Å². The molecule has 1 fully saturated rings. The maximum Gasteiger partial charge on any atom is 0.306 e. The number of hydrogen-bond donors (Lipinski definition) is 1. The van der Waals surface area contributed by atoms with Gasteiger partial charge in [-0.2, -0.15) is 0 Å². The van der Waals surface area contributed by atoms with Gasteiger partial charge in [-0.05, 0) is 31.6 Å². The summed E-state index contributed by atoms with van der Waals surface area (Å²) in [5.74, 6) is -0.583. The summed E-state index contributed by atoms with van der Waals surface area (Å²) in [4.78, 5) is 10.6. The zero-order valence-electron chi connectivity index (χ0n) is 8.27. The molecule has 0 radical (unpaired) electrons. The van der Waals surface area contributed by atoms with E-state index in [2.05, 4.69) is 0 Å². The summed E-state index contributed by atoms with van der Waals surface area (Å²) in [7, 11) is -2.89. The molecule has 1 saturated carbocycles. The number of hydrogen-bond acceptors (Lipinski definition) is 3. The quantitative estimate of drug-likeness (QED) is 0.748. The minimum atomic E-state index is -2.89. The Morgan fingerprint density at radius 1 is 1.43 bits per heavy atom. The van der Waals surface area contributed by atoms with Gasteiger partial charge in [0.2, 0.25) is 0 Å². The minimum Gasteiger partial charge on any atom is -0.481 e. The highest BCUT2D eigenvalue weighted by molar-refractivity contribution is 7.90. The summed E-state index contributed by atoms with van der Waals surface area (Å²) in [6, 6.07) is 0. The van der Waals surface area contributed by atoms with Crippen molar-refractivity contribution in [2.24, 2.45) is 11.8 Å². The smallest absolute Gasteiger partial charge is 0.306 e. The third-order valence-corrected chi connectivity index (χ3v) is 3.85. The van der Waals surface area contributed by atoms with Crippen LogP contribution in [0, 0.1) is 11.8 Å². The summed E-state index contributed by atoms with van der Waals surface area (Å²) < 4.78 is 21.6. The van der Waals surface area contributed by atoms with E-state index in [4.69, 9.17) is 5.11 Å². The van der Waals surface area contributed by atoms with E-state index in [1.807, 2.05) is 0 Å². The molecule has 0 heterocycles. The minimum absolute atomic E-state index is 0.176. The Morgan fingerprint density at radius 2 is 2.07 bits per heavy atom. The summed E-state index contributed by atoms with van der Waals surface area (Å²) in [5.41, 5.74) is 0. The molecule has 0 aromatic heterocycles. The number of rotatable bonds is 5. The Balaban J connectivity index is 2.23. The third kappa shape index (κ3) is 3.29. The van der Waals surface area contributed by atoms with Crippen molar-refractivity contribution < 1.29 is 18.3 Å². The standard InChI is InChI=1S/C9H16O4S/c1-14(12,13)6-2-3-7-4-5-8(7)9(10)11/h7-8H,2-6H2,1H3,(H,10,11). The van der Waals surface area contributed by atoms with Crippen LogP contribution in [0.15, 0.2) is 0 Å². The Hall–Kier alpha value is -0.580. The monoisotopic (exact) mass is 220 g/mol. The van der Waals surface area contributed by atoms with Crippen LogP contribution in [0.1, 0.15) is 25.7 Å². The molecule has 2 atom stereocenters. The summed E-state index contributed by atoms with van der Waals surface area (Å²) in [6.07, 6.45) is 4.21. The van der Waals surface area contributed by atoms with Crippen molar-refractivity contribution in [2.75, 3.05) is 12.0 Å². The number of carboxylic acid groups (broad SMARTS) is 1. The molecular formula is C9H16O4S. The molecule has 0 aromatic carbocycles. The van der Waals surface area contributed by atoms with Gasteiger partial charge in [-0.25, -0.2) is 8.42 Å². The lowest BCUT2D eigenvalue weighted by Crippen LogP contribution is -2.32. The summed E-state index contributed by atoms with van der Waals surface area (Å²) >= 11 is 0. The second-order valence-electron chi connectivity index (χ2n) is 4.05. The molecule has 0 aliphatic heterocycles. The van der Waals surface area contributed by atoms with Crippen LogP contribution in [0.5, 0.6) is 0 Å². The molecule has 1 rings (SSSR count). The van der Waals surface area contributed by atoms with Crippen molar-refractivity contribution in [3.05, 3.63) is 0 Å². The zero-order chi connectivity index (χ0) is 10.8. The van der Waals surface area contributed by atoms with Gasteiger partial charge in [0.05, 0.1) is 5.92 Å². The second kappa shape index (κ2) is 4.29. The molecule has 2 unspecified atom stereocenters. The molecule has 0 bridgehead atoms. The fourth-order valence-electron chi connectivity index (χ4n) is 1.85. The number of carboxylic acids is 1. The Morgan fingerprint density at radius 3 is 2.43 bits per heavy atom. The number of sulfone groups is 1. The van der Waals surface area contributed by atoms with E-state index in [0.29, 0.717) is 6.42 Å². The molecule has 0 amide bonds. The predicted octanol–water partition coefficient (Wildman–Crippen LogP) is 0.922. The van der Waals surface area contributed by atoms with Crippen LogP contribution in [0.3, 0.4) is 0 Å². The van der Waals surface area contributed by atoms with E-state index >= 15 is 0 Å². The first kappa shape index (κ1) is 11.5. The van der Waals surface area contributed by atoms with E-state index in [1.54, 1.807) is 0 Å². The second-order valence-corrected chi connectivity index (χ2v) is 6.31. The first-order chi connectivity index (χ1) is 6.40. The maximum atomic E-state index is 10.8. The van der Waals surface area contributed by atoms with Crippen molar-refractivity contribution in [1.82, 2.24) is 0 Å². The van der Waals surface area contributed by atoms with Crippen LogP contribution in [0.25, 0.3) is 0 Å². The van der Waals surface area contributed by atoms with Crippen LogP contribution in [-0.2, 0) is 14.6 Å². The Bertz CT molecular complexity index is 307. The molecule has 82 valence electrons. The maximum absolute atomic E-state index is 10.8. The molecule has 1 N–H and O–H groups in total. The molecule has 1 aliphatic rings. The molecule has 0 spiro atoms. The summed E-state index contributed by atoms with van der Waals surface area (Å²) in [6.45, 7) is 0. The van der Waals surface area contributed by atoms with Gasteiger partial charge in [0.1, 0.15) is 9.84 Å². The van der Waals surface area contributed by atoms with Gasteiger partial charge in [-0.3, -0.25) is 4.79 Å². The van der Waals surface area contributed by atoms with Crippen molar-refractivity contribution in [2.45, 2.75) is 25.7 Å². The van der Waals surface area contributed by atoms with Crippen LogP contribution >= 0.6 is 0 Å². The van der Waals surface area contributed by atoms with E-state index in [-0.39, 0.29) is 17.6 Å². The van der Waals surface area contributed by atoms with Gasteiger partial charge in [-0.1, -0.05) is 0 Å². The first-order valence-electron chi connectivity index (χ1n) is 4.80. The number of aliphatic carboxylic acids is 1. The largest absolute Gasteiger partial charge is 0.481 e. The molecule has 5 heteroatoms. The van der Waals surface area contributed by atoms with Crippen molar-refractivity contribution >= 4 is 15.8 Å². The lowest BCUT2D eigenvalue weighted by Gasteiger charge is -2.33. The average Bonchev–Trinajstić information content (AvgIpc) is 1.92. The lowest BCUT2D eigenvalue weighted by atomic mass is 9.71. The Kier molecular flexibility index (Phi) is 3.53. The molecule has 14 heavy (non-hydrogen) atoms. The zero-order valence-corrected chi connectivity index (χ0v) is 9.09. The topological polar surface area (TPSA) is 71.4 Å². The highest BCUT2D eigenvalue weighted by Gasteiger charge is 2.35. The molecular weight excluding hydrogens is 204 g/mol. The summed E-state index contributed by atoms with van der Waals surface area (Å²) in [5, 5.41) is 8.74. The van der Waals surface area contributed by atoms with Crippen LogP contribution in [-0.4, -0.2) is 31.5 Å². The third-order valence-electron chi connectivity index (χ3n) is 2.82. The van der Waals surface area contributed by atoms with E-state index in [1.165, 1.54) is 6.26 Å². The van der Waals surface area contributed by atoms with E-state index in [9.17, 15) is 13.2 Å². The van der Waals surface area contributed by atoms with Gasteiger partial charge in [0.25, 0.3) is 0 Å². The fraction of sp³-hybridized carbons (Fsp3) is 0.889. The van der Waals surface area contributed by atoms with Crippen molar-refractivity contribution in [3.63, 3.8) is 0 Å². The van der Waals surface area contributed by atoms with Gasteiger partial charge >= 0.3 is 5.97 Å². The first-order valence-corrected chi connectivity index (χ1v) is 6.87. The van der Waals surface area contributed by atoms with Crippen LogP contribution < -0.4 is 0 Å². The fourth-order valence-corrected chi connectivity index (χ4v) is 2.54. The molecule has 0 aromatic rings. The Labute approximate surface area is 84.2 Å². The molecule has 1 aliphatic carbocycles. The van der Waals surface area contributed by atoms with Crippen LogP contribution in [0.4, 0.5) is 0 Å². The van der Waals surface area contributed by atoms with Crippen molar-refractivity contribution in [3.8, 4) is 0 Å². The molecule has 0 saturated heterocycles. The average molecular weight is 220 g/mol. The lowest BCUT2D eigenvalue weighted by molar-refractivity contribution is -0.147. The predicted molar refractivity (Wildman–Crippen MR) is 52.8 cm³/mol.